The Morgan fingerprint density at radius 3 is 2.71 bits per heavy atom. The van der Waals surface area contributed by atoms with Gasteiger partial charge in [-0.15, -0.1) is 0 Å². The largest absolute Gasteiger partial charge is 0.393 e. The second-order valence-electron chi connectivity index (χ2n) is 4.60. The number of nitrogens with zero attached hydrogens (tertiary/aromatic N) is 1. The fourth-order valence-corrected chi connectivity index (χ4v) is 2.77. The summed E-state index contributed by atoms with van der Waals surface area (Å²) in [6.07, 6.45) is 3.04. The van der Waals surface area contributed by atoms with Crippen molar-refractivity contribution in [1.29, 1.82) is 0 Å². The third kappa shape index (κ3) is 3.07. The number of thiocarbonyl (C=S) groups is 1. The molecule has 0 radical (unpaired) electrons. The molecule has 96 valence electrons. The lowest BCUT2D eigenvalue weighted by atomic mass is 10.0. The predicted molar refractivity (Wildman–Crippen MR) is 68.8 cm³/mol. The van der Waals surface area contributed by atoms with Crippen LogP contribution in [0.4, 0.5) is 4.79 Å². The molecule has 2 aliphatic rings. The average molecular weight is 257 g/mol. The van der Waals surface area contributed by atoms with E-state index in [1.807, 2.05) is 0 Å². The highest BCUT2D eigenvalue weighted by Gasteiger charge is 2.31. The quantitative estimate of drug-likeness (QED) is 0.706. The zero-order valence-electron chi connectivity index (χ0n) is 9.85. The Hall–Kier alpha value is -0.880. The van der Waals surface area contributed by atoms with Crippen molar-refractivity contribution in [2.24, 2.45) is 11.7 Å². The summed E-state index contributed by atoms with van der Waals surface area (Å²) in [6, 6.07) is 0.101. The van der Waals surface area contributed by atoms with Gasteiger partial charge >= 0.3 is 6.03 Å². The molecule has 2 amide bonds. The summed E-state index contributed by atoms with van der Waals surface area (Å²) in [5.41, 5.74) is 5.69. The van der Waals surface area contributed by atoms with Crippen LogP contribution in [0.2, 0.25) is 0 Å². The number of urea groups is 1. The van der Waals surface area contributed by atoms with E-state index in [0.717, 1.165) is 19.3 Å². The first-order valence-electron chi connectivity index (χ1n) is 6.11. The average Bonchev–Trinajstić information content (AvgIpc) is 2.78. The van der Waals surface area contributed by atoms with Crippen LogP contribution in [0.5, 0.6) is 0 Å². The highest BCUT2D eigenvalue weighted by atomic mass is 32.1. The molecule has 2 rings (SSSR count). The van der Waals surface area contributed by atoms with E-state index in [1.165, 1.54) is 0 Å². The second kappa shape index (κ2) is 5.64. The van der Waals surface area contributed by atoms with E-state index in [1.54, 1.807) is 4.90 Å². The summed E-state index contributed by atoms with van der Waals surface area (Å²) in [5.74, 6) is 0.162. The maximum Gasteiger partial charge on any atom is 0.317 e. The van der Waals surface area contributed by atoms with E-state index in [0.29, 0.717) is 31.3 Å². The minimum absolute atomic E-state index is 0.0125. The van der Waals surface area contributed by atoms with Gasteiger partial charge in [-0.05, 0) is 12.8 Å². The summed E-state index contributed by atoms with van der Waals surface area (Å²) in [5, 5.41) is 3.04. The highest BCUT2D eigenvalue weighted by molar-refractivity contribution is 7.80. The minimum Gasteiger partial charge on any atom is -0.393 e. The van der Waals surface area contributed by atoms with Crippen LogP contribution < -0.4 is 11.1 Å². The Bertz CT molecular complexity index is 305. The molecule has 0 spiro atoms. The zero-order chi connectivity index (χ0) is 12.3. The standard InChI is InChI=1S/C11H19N3O2S/c12-10(17)8-2-1-3-9(8)13-11(15)14-4-6-16-7-5-14/h8-9H,1-7H2,(H2,12,17)(H,13,15). The molecule has 0 bridgehead atoms. The van der Waals surface area contributed by atoms with Crippen LogP contribution in [0.1, 0.15) is 19.3 Å². The Morgan fingerprint density at radius 2 is 2.06 bits per heavy atom. The third-order valence-electron chi connectivity index (χ3n) is 3.49. The van der Waals surface area contributed by atoms with Crippen LogP contribution in [0.15, 0.2) is 0 Å². The van der Waals surface area contributed by atoms with Crippen LogP contribution in [0, 0.1) is 5.92 Å². The van der Waals surface area contributed by atoms with Crippen molar-refractivity contribution >= 4 is 23.2 Å². The molecule has 1 saturated heterocycles. The number of hydrogen-bond acceptors (Lipinski definition) is 3. The second-order valence-corrected chi connectivity index (χ2v) is 5.07. The number of nitrogens with one attached hydrogen (secondary N) is 1. The van der Waals surface area contributed by atoms with Crippen molar-refractivity contribution in [1.82, 2.24) is 10.2 Å². The zero-order valence-corrected chi connectivity index (χ0v) is 10.7. The van der Waals surface area contributed by atoms with Crippen molar-refractivity contribution in [3.05, 3.63) is 0 Å². The van der Waals surface area contributed by atoms with E-state index in [4.69, 9.17) is 22.7 Å². The molecular formula is C11H19N3O2S. The van der Waals surface area contributed by atoms with Crippen LogP contribution in [0.25, 0.3) is 0 Å². The van der Waals surface area contributed by atoms with Gasteiger partial charge in [-0.25, -0.2) is 4.79 Å². The van der Waals surface area contributed by atoms with Gasteiger partial charge in [-0.1, -0.05) is 18.6 Å². The topological polar surface area (TPSA) is 67.6 Å². The van der Waals surface area contributed by atoms with Crippen molar-refractivity contribution in [2.75, 3.05) is 26.3 Å². The van der Waals surface area contributed by atoms with Gasteiger partial charge in [-0.3, -0.25) is 0 Å². The van der Waals surface area contributed by atoms with E-state index in [-0.39, 0.29) is 18.0 Å². The number of morpholine rings is 1. The smallest absolute Gasteiger partial charge is 0.317 e. The summed E-state index contributed by atoms with van der Waals surface area (Å²) in [4.78, 5) is 14.3. The number of nitrogens with two attached hydrogens (primary N) is 1. The monoisotopic (exact) mass is 257 g/mol. The lowest BCUT2D eigenvalue weighted by Crippen LogP contribution is -2.51. The molecule has 6 heteroatoms. The highest BCUT2D eigenvalue weighted by Crippen LogP contribution is 2.26. The predicted octanol–water partition coefficient (Wildman–Crippen LogP) is 0.483. The molecule has 5 nitrogen and oxygen atoms in total. The SMILES string of the molecule is NC(=S)C1CCCC1NC(=O)N1CCOCC1. The van der Waals surface area contributed by atoms with Crippen molar-refractivity contribution in [3.8, 4) is 0 Å². The normalized spacial score (nSPS) is 29.1. The van der Waals surface area contributed by atoms with Crippen LogP contribution in [-0.2, 0) is 4.74 Å². The number of hydrogen-bond donors (Lipinski definition) is 2. The molecule has 0 aromatic carbocycles. The van der Waals surface area contributed by atoms with Crippen molar-refractivity contribution < 1.29 is 9.53 Å². The summed E-state index contributed by atoms with van der Waals surface area (Å²) in [7, 11) is 0. The summed E-state index contributed by atoms with van der Waals surface area (Å²) >= 11 is 5.03. The van der Waals surface area contributed by atoms with Gasteiger partial charge in [0.15, 0.2) is 0 Å². The lowest BCUT2D eigenvalue weighted by molar-refractivity contribution is 0.0524. The number of rotatable bonds is 2. The van der Waals surface area contributed by atoms with Crippen LogP contribution in [0.3, 0.4) is 0 Å². The van der Waals surface area contributed by atoms with E-state index in [9.17, 15) is 4.79 Å². The maximum absolute atomic E-state index is 12.0. The van der Waals surface area contributed by atoms with E-state index >= 15 is 0 Å². The van der Waals surface area contributed by atoms with Crippen molar-refractivity contribution in [3.63, 3.8) is 0 Å². The van der Waals surface area contributed by atoms with Gasteiger partial charge in [0, 0.05) is 25.0 Å². The minimum atomic E-state index is -0.0125. The first-order chi connectivity index (χ1) is 8.18. The Morgan fingerprint density at radius 1 is 1.35 bits per heavy atom. The first-order valence-corrected chi connectivity index (χ1v) is 6.52. The number of amides is 2. The first kappa shape index (κ1) is 12.6. The van der Waals surface area contributed by atoms with Crippen LogP contribution >= 0.6 is 12.2 Å². The molecule has 3 N–H and O–H groups in total. The van der Waals surface area contributed by atoms with Gasteiger partial charge in [-0.2, -0.15) is 0 Å². The summed E-state index contributed by atoms with van der Waals surface area (Å²) < 4.78 is 5.22. The lowest BCUT2D eigenvalue weighted by Gasteiger charge is -2.29. The molecule has 2 unspecified atom stereocenters. The van der Waals surface area contributed by atoms with Crippen LogP contribution in [-0.4, -0.2) is 48.3 Å². The van der Waals surface area contributed by atoms with E-state index in [2.05, 4.69) is 5.32 Å². The third-order valence-corrected chi connectivity index (χ3v) is 3.79. The number of carbonyl (C=O) groups is 1. The van der Waals surface area contributed by atoms with Gasteiger partial charge in [0.25, 0.3) is 0 Å². The molecule has 2 fully saturated rings. The fraction of sp³-hybridized carbons (Fsp3) is 0.818. The summed E-state index contributed by atoms with van der Waals surface area (Å²) in [6.45, 7) is 2.57. The van der Waals surface area contributed by atoms with E-state index < -0.39 is 0 Å². The molecule has 1 saturated carbocycles. The molecule has 1 heterocycles. The Labute approximate surface area is 107 Å². The molecule has 2 atom stereocenters. The molecule has 1 aliphatic heterocycles. The van der Waals surface area contributed by atoms with Crippen molar-refractivity contribution in [2.45, 2.75) is 25.3 Å². The molecule has 0 aromatic heterocycles. The molecule has 1 aliphatic carbocycles. The molecule has 17 heavy (non-hydrogen) atoms. The number of ether oxygens (including phenoxy) is 1. The molecular weight excluding hydrogens is 238 g/mol. The maximum atomic E-state index is 12.0. The van der Waals surface area contributed by atoms with Gasteiger partial charge in [0.2, 0.25) is 0 Å². The molecule has 0 aromatic rings. The number of carbonyl (C=O) groups excluding carboxylic acids is 1. The Kier molecular flexibility index (Phi) is 4.17. The fourth-order valence-electron chi connectivity index (χ4n) is 2.49. The van der Waals surface area contributed by atoms with Gasteiger partial charge in [0.05, 0.1) is 18.2 Å². The Balaban J connectivity index is 1.86. The van der Waals surface area contributed by atoms with Gasteiger partial charge in [0.1, 0.15) is 0 Å². The van der Waals surface area contributed by atoms with Gasteiger partial charge < -0.3 is 20.7 Å².